The molecule has 1 unspecified atom stereocenters. The molecule has 0 saturated carbocycles. The highest BCUT2D eigenvalue weighted by Gasteiger charge is 2.27. The predicted octanol–water partition coefficient (Wildman–Crippen LogP) is -0.136. The van der Waals surface area contributed by atoms with Crippen LogP contribution in [0.5, 0.6) is 0 Å². The number of fused-ring (bicyclic) bond motifs is 1. The molecule has 0 fully saturated rings. The summed E-state index contributed by atoms with van der Waals surface area (Å²) in [5, 5.41) is 4.08. The van der Waals surface area contributed by atoms with Crippen LogP contribution in [0.4, 0.5) is 0 Å². The summed E-state index contributed by atoms with van der Waals surface area (Å²) in [5.74, 6) is 0. The Balaban J connectivity index is 2.13. The van der Waals surface area contributed by atoms with E-state index < -0.39 is 10.1 Å². The van der Waals surface area contributed by atoms with Crippen molar-refractivity contribution in [2.45, 2.75) is 18.9 Å². The van der Waals surface area contributed by atoms with Gasteiger partial charge >= 0.3 is 0 Å². The van der Waals surface area contributed by atoms with Crippen LogP contribution in [0.15, 0.2) is 6.20 Å². The summed E-state index contributed by atoms with van der Waals surface area (Å²) >= 11 is 0. The molecule has 1 atom stereocenters. The molecule has 6 heteroatoms. The molecule has 0 N–H and O–H groups in total. The van der Waals surface area contributed by atoms with Crippen molar-refractivity contribution in [3.8, 4) is 0 Å². The maximum absolute atomic E-state index is 10.9. The molecule has 0 spiro atoms. The molecule has 1 aromatic rings. The fourth-order valence-electron chi connectivity index (χ4n) is 1.79. The molecule has 0 aromatic carbocycles. The lowest BCUT2D eigenvalue weighted by atomic mass is 10.3. The lowest BCUT2D eigenvalue weighted by Gasteiger charge is -2.08. The zero-order chi connectivity index (χ0) is 10.3. The molecule has 5 nitrogen and oxygen atoms in total. The molecule has 0 amide bonds. The maximum atomic E-state index is 10.9. The van der Waals surface area contributed by atoms with E-state index in [0.717, 1.165) is 17.5 Å². The number of rotatable bonds is 2. The number of aromatic nitrogens is 2. The largest absolute Gasteiger partial charge is 0.272 e. The summed E-state index contributed by atoms with van der Waals surface area (Å²) in [6, 6.07) is 0. The minimum atomic E-state index is -3.35. The van der Waals surface area contributed by atoms with Gasteiger partial charge in [0.2, 0.25) is 0 Å². The molecule has 1 aliphatic rings. The Morgan fingerprint density at radius 3 is 2.86 bits per heavy atom. The Bertz CT molecular complexity index is 449. The summed E-state index contributed by atoms with van der Waals surface area (Å²) < 4.78 is 28.5. The second kappa shape index (κ2) is 3.06. The number of aryl methyl sites for hydroxylation is 1. The molecule has 2 rings (SSSR count). The average Bonchev–Trinajstić information content (AvgIpc) is 2.51. The van der Waals surface area contributed by atoms with Crippen LogP contribution in [0.2, 0.25) is 0 Å². The molecule has 0 aliphatic heterocycles. The highest BCUT2D eigenvalue weighted by Crippen LogP contribution is 2.23. The van der Waals surface area contributed by atoms with Crippen LogP contribution in [-0.2, 0) is 34.2 Å². The van der Waals surface area contributed by atoms with Crippen molar-refractivity contribution in [2.24, 2.45) is 7.05 Å². The Morgan fingerprint density at radius 2 is 2.29 bits per heavy atom. The van der Waals surface area contributed by atoms with Crippen molar-refractivity contribution in [1.29, 1.82) is 0 Å². The molecule has 1 aromatic heterocycles. The lowest BCUT2D eigenvalue weighted by molar-refractivity contribution is 0.221. The van der Waals surface area contributed by atoms with E-state index in [9.17, 15) is 8.42 Å². The standard InChI is InChI=1S/C8H12N2O3S/c1-10-8-4-7(13-14(2,11)12)3-6(8)5-9-10/h5,7H,3-4H2,1-2H3. The number of hydrogen-bond acceptors (Lipinski definition) is 4. The molecular formula is C8H12N2O3S. The molecule has 14 heavy (non-hydrogen) atoms. The summed E-state index contributed by atoms with van der Waals surface area (Å²) in [6.45, 7) is 0. The average molecular weight is 216 g/mol. The third-order valence-electron chi connectivity index (χ3n) is 2.33. The van der Waals surface area contributed by atoms with Gasteiger partial charge in [-0.1, -0.05) is 0 Å². The maximum Gasteiger partial charge on any atom is 0.264 e. The Kier molecular flexibility index (Phi) is 2.11. The van der Waals surface area contributed by atoms with Crippen molar-refractivity contribution >= 4 is 10.1 Å². The highest BCUT2D eigenvalue weighted by atomic mass is 32.2. The van der Waals surface area contributed by atoms with E-state index in [1.165, 1.54) is 0 Å². The van der Waals surface area contributed by atoms with Gasteiger partial charge in [0, 0.05) is 25.6 Å². The second-order valence-corrected chi connectivity index (χ2v) is 5.17. The lowest BCUT2D eigenvalue weighted by Crippen LogP contribution is -2.18. The second-order valence-electron chi connectivity index (χ2n) is 3.57. The van der Waals surface area contributed by atoms with Crippen LogP contribution in [0, 0.1) is 0 Å². The third kappa shape index (κ3) is 1.80. The predicted molar refractivity (Wildman–Crippen MR) is 50.3 cm³/mol. The van der Waals surface area contributed by atoms with Gasteiger partial charge in [0.1, 0.15) is 0 Å². The molecule has 0 radical (unpaired) electrons. The molecule has 1 aliphatic carbocycles. The van der Waals surface area contributed by atoms with Crippen LogP contribution in [-0.4, -0.2) is 30.6 Å². The molecule has 0 bridgehead atoms. The van der Waals surface area contributed by atoms with Gasteiger partial charge in [-0.15, -0.1) is 0 Å². The van der Waals surface area contributed by atoms with E-state index in [4.69, 9.17) is 4.18 Å². The van der Waals surface area contributed by atoms with Gasteiger partial charge in [0.25, 0.3) is 10.1 Å². The summed E-state index contributed by atoms with van der Waals surface area (Å²) in [6.07, 6.45) is 3.86. The van der Waals surface area contributed by atoms with E-state index in [2.05, 4.69) is 5.10 Å². The van der Waals surface area contributed by atoms with Gasteiger partial charge < -0.3 is 0 Å². The number of hydrogen-bond donors (Lipinski definition) is 0. The first kappa shape index (κ1) is 9.67. The highest BCUT2D eigenvalue weighted by molar-refractivity contribution is 7.86. The summed E-state index contributed by atoms with van der Waals surface area (Å²) in [4.78, 5) is 0. The normalized spacial score (nSPS) is 21.1. The molecule has 0 saturated heterocycles. The fourth-order valence-corrected chi connectivity index (χ4v) is 2.42. The van der Waals surface area contributed by atoms with Gasteiger partial charge in [0.05, 0.1) is 18.6 Å². The molecule has 78 valence electrons. The first-order valence-electron chi connectivity index (χ1n) is 4.34. The van der Waals surface area contributed by atoms with E-state index in [1.54, 1.807) is 10.9 Å². The van der Waals surface area contributed by atoms with Crippen LogP contribution in [0.3, 0.4) is 0 Å². The zero-order valence-electron chi connectivity index (χ0n) is 8.10. The third-order valence-corrected chi connectivity index (χ3v) is 2.95. The fraction of sp³-hybridized carbons (Fsp3) is 0.625. The van der Waals surface area contributed by atoms with E-state index in [-0.39, 0.29) is 6.10 Å². The smallest absolute Gasteiger partial charge is 0.264 e. The van der Waals surface area contributed by atoms with Crippen LogP contribution in [0.1, 0.15) is 11.3 Å². The van der Waals surface area contributed by atoms with Crippen molar-refractivity contribution < 1.29 is 12.6 Å². The SMILES string of the molecule is Cn1ncc2c1CC(OS(C)(=O)=O)C2. The van der Waals surface area contributed by atoms with Gasteiger partial charge in [-0.3, -0.25) is 8.86 Å². The topological polar surface area (TPSA) is 61.2 Å². The van der Waals surface area contributed by atoms with Gasteiger partial charge in [-0.05, 0) is 5.56 Å². The van der Waals surface area contributed by atoms with Crippen LogP contribution in [0.25, 0.3) is 0 Å². The van der Waals surface area contributed by atoms with Crippen molar-refractivity contribution in [3.05, 3.63) is 17.5 Å². The Labute approximate surface area is 82.8 Å². The zero-order valence-corrected chi connectivity index (χ0v) is 8.91. The van der Waals surface area contributed by atoms with Crippen molar-refractivity contribution in [2.75, 3.05) is 6.26 Å². The van der Waals surface area contributed by atoms with Crippen LogP contribution < -0.4 is 0 Å². The minimum absolute atomic E-state index is 0.246. The van der Waals surface area contributed by atoms with E-state index >= 15 is 0 Å². The van der Waals surface area contributed by atoms with Gasteiger partial charge in [0.15, 0.2) is 0 Å². The van der Waals surface area contributed by atoms with Gasteiger partial charge in [-0.25, -0.2) is 0 Å². The quantitative estimate of drug-likeness (QED) is 0.646. The van der Waals surface area contributed by atoms with E-state index in [1.807, 2.05) is 7.05 Å². The minimum Gasteiger partial charge on any atom is -0.272 e. The first-order chi connectivity index (χ1) is 6.46. The first-order valence-corrected chi connectivity index (χ1v) is 6.15. The van der Waals surface area contributed by atoms with Crippen LogP contribution >= 0.6 is 0 Å². The Morgan fingerprint density at radius 1 is 1.57 bits per heavy atom. The van der Waals surface area contributed by atoms with Gasteiger partial charge in [-0.2, -0.15) is 13.5 Å². The monoisotopic (exact) mass is 216 g/mol. The van der Waals surface area contributed by atoms with Crippen molar-refractivity contribution in [3.63, 3.8) is 0 Å². The number of nitrogens with zero attached hydrogens (tertiary/aromatic N) is 2. The molecular weight excluding hydrogens is 204 g/mol. The Hall–Kier alpha value is -0.880. The van der Waals surface area contributed by atoms with Crippen molar-refractivity contribution in [1.82, 2.24) is 9.78 Å². The summed E-state index contributed by atoms with van der Waals surface area (Å²) in [5.41, 5.74) is 2.15. The molecule has 1 heterocycles. The summed E-state index contributed by atoms with van der Waals surface area (Å²) in [7, 11) is -1.50. The van der Waals surface area contributed by atoms with E-state index in [0.29, 0.717) is 12.8 Å².